The highest BCUT2D eigenvalue weighted by Gasteiger charge is 2.33. The maximum Gasteiger partial charge on any atom is 0.271 e. The minimum absolute atomic E-state index is 0.00453. The summed E-state index contributed by atoms with van der Waals surface area (Å²) in [6.45, 7) is 0.293. The summed E-state index contributed by atoms with van der Waals surface area (Å²) in [4.78, 5) is 1.40. The Hall–Kier alpha value is -2.91. The number of sulfonamides is 2. The third-order valence-electron chi connectivity index (χ3n) is 5.99. The lowest BCUT2D eigenvalue weighted by molar-refractivity contribution is 0.301. The Balaban J connectivity index is 1.63. The molecule has 1 unspecified atom stereocenters. The van der Waals surface area contributed by atoms with Crippen molar-refractivity contribution in [2.75, 3.05) is 42.9 Å². The molecule has 1 atom stereocenters. The first-order valence-corrected chi connectivity index (χ1v) is 17.3. The summed E-state index contributed by atoms with van der Waals surface area (Å²) >= 11 is 1.09. The average Bonchev–Trinajstić information content (AvgIpc) is 3.34. The Morgan fingerprint density at radius 2 is 1.54 bits per heavy atom. The van der Waals surface area contributed by atoms with E-state index in [1.165, 1.54) is 31.4 Å². The summed E-state index contributed by atoms with van der Waals surface area (Å²) in [7, 11) is -7.26. The lowest BCUT2D eigenvalue weighted by Gasteiger charge is -2.23. The standard InChI is InChI=1S/C25H29N3O7S4/c1-28(2)14-15-37(29,30)19-12-13-22(35-3)24(17-19)38(31,32)26-20-9-5-6-10-21(20)27-39(33,34)25-16-18-8-4-7-11-23(18)36-25/h4-11,13,16-17,19,26-27H,12,14-15H2,1-3H3. The van der Waals surface area contributed by atoms with Gasteiger partial charge in [0.05, 0.1) is 29.5 Å². The Morgan fingerprint density at radius 1 is 0.923 bits per heavy atom. The van der Waals surface area contributed by atoms with Crippen LogP contribution in [-0.4, -0.2) is 68.9 Å². The van der Waals surface area contributed by atoms with Gasteiger partial charge in [-0.05, 0) is 62.3 Å². The molecule has 3 aromatic rings. The number of anilines is 2. The van der Waals surface area contributed by atoms with Crippen molar-refractivity contribution in [2.45, 2.75) is 15.9 Å². The van der Waals surface area contributed by atoms with Crippen LogP contribution >= 0.6 is 11.3 Å². The number of methoxy groups -OCH3 is 1. The molecule has 1 aliphatic rings. The molecule has 2 aromatic carbocycles. The van der Waals surface area contributed by atoms with E-state index in [9.17, 15) is 25.3 Å². The second-order valence-electron chi connectivity index (χ2n) is 9.11. The molecule has 0 bridgehead atoms. The van der Waals surface area contributed by atoms with Crippen molar-refractivity contribution < 1.29 is 30.0 Å². The third kappa shape index (κ3) is 6.64. The molecule has 39 heavy (non-hydrogen) atoms. The fourth-order valence-electron chi connectivity index (χ4n) is 3.91. The fourth-order valence-corrected chi connectivity index (χ4v) is 9.48. The van der Waals surface area contributed by atoms with Crippen molar-refractivity contribution in [2.24, 2.45) is 0 Å². The zero-order valence-corrected chi connectivity index (χ0v) is 24.8. The van der Waals surface area contributed by atoms with Gasteiger partial charge in [0.25, 0.3) is 20.0 Å². The third-order valence-corrected chi connectivity index (χ3v) is 12.4. The first-order chi connectivity index (χ1) is 18.3. The van der Waals surface area contributed by atoms with Gasteiger partial charge in [-0.15, -0.1) is 11.3 Å². The molecule has 0 amide bonds. The maximum atomic E-state index is 13.5. The summed E-state index contributed by atoms with van der Waals surface area (Å²) in [6.07, 6.45) is 2.68. The van der Waals surface area contributed by atoms with Crippen LogP contribution in [0.1, 0.15) is 6.42 Å². The SMILES string of the molecule is COC1=CCC(S(=O)(=O)CCN(C)C)C=C1S(=O)(=O)Nc1ccccc1NS(=O)(=O)c1cc2ccccc2s1. The van der Waals surface area contributed by atoms with E-state index in [1.54, 1.807) is 43.3 Å². The van der Waals surface area contributed by atoms with Crippen LogP contribution in [0.15, 0.2) is 81.6 Å². The highest BCUT2D eigenvalue weighted by Crippen LogP contribution is 2.34. The molecule has 0 fully saturated rings. The normalized spacial score (nSPS) is 16.6. The molecule has 0 spiro atoms. The van der Waals surface area contributed by atoms with Crippen LogP contribution in [0.2, 0.25) is 0 Å². The van der Waals surface area contributed by atoms with Crippen molar-refractivity contribution in [3.63, 3.8) is 0 Å². The topological polar surface area (TPSA) is 139 Å². The van der Waals surface area contributed by atoms with Crippen molar-refractivity contribution in [3.05, 3.63) is 77.4 Å². The number of allylic oxidation sites excluding steroid dienone is 1. The van der Waals surface area contributed by atoms with Crippen LogP contribution in [0, 0.1) is 0 Å². The second-order valence-corrected chi connectivity index (χ2v) is 16.1. The van der Waals surface area contributed by atoms with Gasteiger partial charge in [0.15, 0.2) is 9.84 Å². The van der Waals surface area contributed by atoms with Gasteiger partial charge in [-0.2, -0.15) is 0 Å². The molecule has 4 rings (SSSR count). The number of sulfone groups is 1. The van der Waals surface area contributed by atoms with Gasteiger partial charge >= 0.3 is 0 Å². The molecule has 0 radical (unpaired) electrons. The number of hydrogen-bond acceptors (Lipinski definition) is 9. The summed E-state index contributed by atoms with van der Waals surface area (Å²) in [5.74, 6) is -0.134. The van der Waals surface area contributed by atoms with Crippen LogP contribution in [0.3, 0.4) is 0 Å². The maximum absolute atomic E-state index is 13.5. The van der Waals surface area contributed by atoms with Gasteiger partial charge < -0.3 is 9.64 Å². The molecule has 14 heteroatoms. The number of rotatable bonds is 11. The molecule has 0 saturated heterocycles. The Labute approximate surface area is 233 Å². The average molecular weight is 612 g/mol. The molecule has 2 N–H and O–H groups in total. The predicted molar refractivity (Wildman–Crippen MR) is 156 cm³/mol. The molecule has 210 valence electrons. The molecule has 0 aliphatic heterocycles. The highest BCUT2D eigenvalue weighted by molar-refractivity contribution is 7.97. The predicted octanol–water partition coefficient (Wildman–Crippen LogP) is 3.61. The van der Waals surface area contributed by atoms with Crippen LogP contribution in [0.5, 0.6) is 0 Å². The summed E-state index contributed by atoms with van der Waals surface area (Å²) in [6, 6.07) is 14.7. The second kappa shape index (κ2) is 11.3. The Bertz CT molecular complexity index is 1720. The van der Waals surface area contributed by atoms with Crippen molar-refractivity contribution in [1.82, 2.24) is 4.90 Å². The molecule has 0 saturated carbocycles. The monoisotopic (exact) mass is 611 g/mol. The number of nitrogens with zero attached hydrogens (tertiary/aromatic N) is 1. The molecule has 1 heterocycles. The van der Waals surface area contributed by atoms with Crippen molar-refractivity contribution in [1.29, 1.82) is 0 Å². The number of fused-ring (bicyclic) bond motifs is 1. The van der Waals surface area contributed by atoms with Gasteiger partial charge in [0.2, 0.25) is 0 Å². The van der Waals surface area contributed by atoms with Crippen LogP contribution in [0.25, 0.3) is 10.1 Å². The molecule has 10 nitrogen and oxygen atoms in total. The smallest absolute Gasteiger partial charge is 0.271 e. The van der Waals surface area contributed by atoms with Gasteiger partial charge in [0, 0.05) is 11.2 Å². The van der Waals surface area contributed by atoms with Gasteiger partial charge in [-0.3, -0.25) is 9.44 Å². The number of benzene rings is 2. The van der Waals surface area contributed by atoms with E-state index in [0.717, 1.165) is 21.4 Å². The minimum Gasteiger partial charge on any atom is -0.496 e. The van der Waals surface area contributed by atoms with Gasteiger partial charge in [0.1, 0.15) is 14.9 Å². The van der Waals surface area contributed by atoms with Crippen LogP contribution in [0.4, 0.5) is 11.4 Å². The Kier molecular flexibility index (Phi) is 8.42. The lowest BCUT2D eigenvalue weighted by Crippen LogP contribution is -2.31. The van der Waals surface area contributed by atoms with E-state index in [1.807, 2.05) is 18.2 Å². The molecule has 1 aromatic heterocycles. The number of thiophene rings is 1. The van der Waals surface area contributed by atoms with Crippen LogP contribution < -0.4 is 9.44 Å². The highest BCUT2D eigenvalue weighted by atomic mass is 32.2. The minimum atomic E-state index is -4.37. The number of ether oxygens (including phenoxy) is 1. The first-order valence-electron chi connectivity index (χ1n) is 11.8. The summed E-state index contributed by atoms with van der Waals surface area (Å²) in [5, 5.41) is -0.278. The quantitative estimate of drug-likeness (QED) is 0.335. The van der Waals surface area contributed by atoms with Crippen molar-refractivity contribution >= 4 is 62.7 Å². The van der Waals surface area contributed by atoms with E-state index in [-0.39, 0.29) is 38.4 Å². The zero-order chi connectivity index (χ0) is 28.4. The lowest BCUT2D eigenvalue weighted by atomic mass is 10.1. The van der Waals surface area contributed by atoms with E-state index in [0.29, 0.717) is 6.54 Å². The van der Waals surface area contributed by atoms with Gasteiger partial charge in [-0.1, -0.05) is 30.3 Å². The van der Waals surface area contributed by atoms with Crippen molar-refractivity contribution in [3.8, 4) is 0 Å². The van der Waals surface area contributed by atoms with E-state index in [2.05, 4.69) is 9.44 Å². The largest absolute Gasteiger partial charge is 0.496 e. The number of hydrogen-bond donors (Lipinski definition) is 2. The van der Waals surface area contributed by atoms with E-state index >= 15 is 0 Å². The van der Waals surface area contributed by atoms with Gasteiger partial charge in [-0.25, -0.2) is 25.3 Å². The molecular formula is C25H29N3O7S4. The number of para-hydroxylation sites is 2. The summed E-state index contributed by atoms with van der Waals surface area (Å²) in [5.41, 5.74) is -0.0239. The molecule has 1 aliphatic carbocycles. The van der Waals surface area contributed by atoms with Crippen LogP contribution in [-0.2, 0) is 34.6 Å². The fraction of sp³-hybridized carbons (Fsp3) is 0.280. The molecular weight excluding hydrogens is 583 g/mol. The number of nitrogens with one attached hydrogen (secondary N) is 2. The summed E-state index contributed by atoms with van der Waals surface area (Å²) < 4.78 is 90.1. The Morgan fingerprint density at radius 3 is 2.15 bits per heavy atom. The first kappa shape index (κ1) is 29.1. The zero-order valence-electron chi connectivity index (χ0n) is 21.5. The van der Waals surface area contributed by atoms with E-state index in [4.69, 9.17) is 4.74 Å². The van der Waals surface area contributed by atoms with E-state index < -0.39 is 35.1 Å².